The van der Waals surface area contributed by atoms with Crippen LogP contribution in [0.25, 0.3) is 32.0 Å². The lowest BCUT2D eigenvalue weighted by Crippen LogP contribution is -2.03. The van der Waals surface area contributed by atoms with E-state index in [1.807, 2.05) is 18.6 Å². The number of thiophene rings is 1. The molecular formula is C19H18N4S. The molecule has 0 aliphatic heterocycles. The third-order valence-electron chi connectivity index (χ3n) is 4.34. The van der Waals surface area contributed by atoms with Gasteiger partial charge >= 0.3 is 0 Å². The van der Waals surface area contributed by atoms with E-state index in [0.717, 1.165) is 27.9 Å². The Balaban J connectivity index is 1.95. The van der Waals surface area contributed by atoms with Gasteiger partial charge in [0.25, 0.3) is 0 Å². The summed E-state index contributed by atoms with van der Waals surface area (Å²) in [5, 5.41) is 1.08. The van der Waals surface area contributed by atoms with Crippen molar-refractivity contribution in [2.24, 2.45) is 0 Å². The molecule has 4 rings (SSSR count). The van der Waals surface area contributed by atoms with Crippen molar-refractivity contribution in [3.05, 3.63) is 55.2 Å². The number of aromatic nitrogens is 4. The van der Waals surface area contributed by atoms with Gasteiger partial charge in [-0.25, -0.2) is 15.0 Å². The van der Waals surface area contributed by atoms with Crippen molar-refractivity contribution in [2.45, 2.75) is 26.3 Å². The van der Waals surface area contributed by atoms with Crippen LogP contribution in [0.2, 0.25) is 0 Å². The molecule has 0 bridgehead atoms. The maximum atomic E-state index is 4.74. The lowest BCUT2D eigenvalue weighted by molar-refractivity contribution is 0.535. The van der Waals surface area contributed by atoms with Crippen molar-refractivity contribution in [1.29, 1.82) is 0 Å². The minimum Gasteiger partial charge on any atom is -0.327 e. The molecular weight excluding hydrogens is 316 g/mol. The summed E-state index contributed by atoms with van der Waals surface area (Å²) in [7, 11) is 0. The van der Waals surface area contributed by atoms with E-state index in [9.17, 15) is 0 Å². The maximum absolute atomic E-state index is 4.74. The zero-order chi connectivity index (χ0) is 16.5. The first-order chi connectivity index (χ1) is 11.8. The Bertz CT molecular complexity index is 938. The van der Waals surface area contributed by atoms with E-state index >= 15 is 0 Å². The average Bonchev–Trinajstić information content (AvgIpc) is 3.25. The Morgan fingerprint density at radius 3 is 2.75 bits per heavy atom. The minimum absolute atomic E-state index is 0.390. The highest BCUT2D eigenvalue weighted by molar-refractivity contribution is 7.21. The Kier molecular flexibility index (Phi) is 3.86. The van der Waals surface area contributed by atoms with Gasteiger partial charge in [-0.05, 0) is 19.4 Å². The molecule has 0 saturated heterocycles. The molecule has 1 aromatic carbocycles. The van der Waals surface area contributed by atoms with Crippen LogP contribution >= 0.6 is 11.3 Å². The van der Waals surface area contributed by atoms with E-state index < -0.39 is 0 Å². The second kappa shape index (κ2) is 6.17. The molecule has 1 atom stereocenters. The molecule has 0 N–H and O–H groups in total. The fourth-order valence-corrected chi connectivity index (χ4v) is 3.87. The molecule has 5 heteroatoms. The molecule has 0 spiro atoms. The summed E-state index contributed by atoms with van der Waals surface area (Å²) in [5.74, 6) is 0. The summed E-state index contributed by atoms with van der Waals surface area (Å²) < 4.78 is 2.28. The molecule has 4 nitrogen and oxygen atoms in total. The van der Waals surface area contributed by atoms with E-state index in [-0.39, 0.29) is 0 Å². The number of benzene rings is 1. The number of rotatable bonds is 4. The summed E-state index contributed by atoms with van der Waals surface area (Å²) >= 11 is 1.69. The van der Waals surface area contributed by atoms with Gasteiger partial charge < -0.3 is 4.57 Å². The molecule has 0 radical (unpaired) electrons. The van der Waals surface area contributed by atoms with E-state index in [0.29, 0.717) is 6.04 Å². The van der Waals surface area contributed by atoms with Crippen molar-refractivity contribution in [3.8, 4) is 21.8 Å². The molecule has 120 valence electrons. The quantitative estimate of drug-likeness (QED) is 0.515. The van der Waals surface area contributed by atoms with Crippen LogP contribution in [0.4, 0.5) is 0 Å². The molecule has 24 heavy (non-hydrogen) atoms. The maximum Gasteiger partial charge on any atom is 0.127 e. The minimum atomic E-state index is 0.390. The SMILES string of the molecule is CCC(C)n1cnc(-c2ccccc2)c1-c1cc2cncnc2s1. The van der Waals surface area contributed by atoms with Crippen LogP contribution in [0.15, 0.2) is 55.2 Å². The van der Waals surface area contributed by atoms with Gasteiger partial charge in [0.05, 0.1) is 22.6 Å². The summed E-state index contributed by atoms with van der Waals surface area (Å²) in [4.78, 5) is 15.4. The van der Waals surface area contributed by atoms with Gasteiger partial charge in [0, 0.05) is 23.2 Å². The van der Waals surface area contributed by atoms with Crippen LogP contribution in [0.1, 0.15) is 26.3 Å². The number of hydrogen-bond donors (Lipinski definition) is 0. The lowest BCUT2D eigenvalue weighted by atomic mass is 10.1. The zero-order valence-electron chi connectivity index (χ0n) is 13.7. The molecule has 4 aromatic rings. The molecule has 1 unspecified atom stereocenters. The topological polar surface area (TPSA) is 43.6 Å². The van der Waals surface area contributed by atoms with Crippen LogP contribution in [-0.2, 0) is 0 Å². The molecule has 3 heterocycles. The Labute approximate surface area is 144 Å². The molecule has 0 saturated carbocycles. The summed E-state index contributed by atoms with van der Waals surface area (Å²) in [5.41, 5.74) is 3.33. The monoisotopic (exact) mass is 334 g/mol. The fourth-order valence-electron chi connectivity index (χ4n) is 2.85. The van der Waals surface area contributed by atoms with Crippen LogP contribution < -0.4 is 0 Å². The molecule has 3 aromatic heterocycles. The first-order valence-corrected chi connectivity index (χ1v) is 8.91. The van der Waals surface area contributed by atoms with Crippen molar-refractivity contribution in [2.75, 3.05) is 0 Å². The first kappa shape index (κ1) is 15.0. The fraction of sp³-hybridized carbons (Fsp3) is 0.211. The highest BCUT2D eigenvalue weighted by Gasteiger charge is 2.19. The van der Waals surface area contributed by atoms with E-state index in [1.165, 1.54) is 10.6 Å². The van der Waals surface area contributed by atoms with Gasteiger partial charge in [-0.15, -0.1) is 11.3 Å². The lowest BCUT2D eigenvalue weighted by Gasteiger charge is -2.14. The van der Waals surface area contributed by atoms with E-state index in [4.69, 9.17) is 4.98 Å². The van der Waals surface area contributed by atoms with Gasteiger partial charge in [-0.2, -0.15) is 0 Å². The van der Waals surface area contributed by atoms with Crippen LogP contribution in [0.3, 0.4) is 0 Å². The molecule has 0 aliphatic rings. The van der Waals surface area contributed by atoms with Crippen LogP contribution in [0.5, 0.6) is 0 Å². The first-order valence-electron chi connectivity index (χ1n) is 8.10. The van der Waals surface area contributed by atoms with Gasteiger partial charge in [0.1, 0.15) is 11.2 Å². The largest absolute Gasteiger partial charge is 0.327 e. The van der Waals surface area contributed by atoms with Gasteiger partial charge in [0.2, 0.25) is 0 Å². The Morgan fingerprint density at radius 2 is 2.00 bits per heavy atom. The third-order valence-corrected chi connectivity index (χ3v) is 5.40. The Morgan fingerprint density at radius 1 is 1.17 bits per heavy atom. The summed E-state index contributed by atoms with van der Waals surface area (Å²) in [6.45, 7) is 4.43. The molecule has 0 amide bonds. The second-order valence-electron chi connectivity index (χ2n) is 5.87. The average molecular weight is 334 g/mol. The third kappa shape index (κ3) is 2.51. The smallest absolute Gasteiger partial charge is 0.127 e. The summed E-state index contributed by atoms with van der Waals surface area (Å²) in [6.07, 6.45) is 6.49. The second-order valence-corrected chi connectivity index (χ2v) is 6.90. The van der Waals surface area contributed by atoms with Gasteiger partial charge in [0.15, 0.2) is 0 Å². The van der Waals surface area contributed by atoms with E-state index in [2.05, 4.69) is 58.7 Å². The number of nitrogens with zero attached hydrogens (tertiary/aromatic N) is 4. The molecule has 0 aliphatic carbocycles. The highest BCUT2D eigenvalue weighted by Crippen LogP contribution is 2.39. The number of fused-ring (bicyclic) bond motifs is 1. The zero-order valence-corrected chi connectivity index (χ0v) is 14.5. The highest BCUT2D eigenvalue weighted by atomic mass is 32.1. The van der Waals surface area contributed by atoms with E-state index in [1.54, 1.807) is 17.7 Å². The van der Waals surface area contributed by atoms with Crippen LogP contribution in [-0.4, -0.2) is 19.5 Å². The van der Waals surface area contributed by atoms with Crippen molar-refractivity contribution in [1.82, 2.24) is 19.5 Å². The predicted molar refractivity (Wildman–Crippen MR) is 99.1 cm³/mol. The van der Waals surface area contributed by atoms with Crippen molar-refractivity contribution < 1.29 is 0 Å². The molecule has 0 fully saturated rings. The van der Waals surface area contributed by atoms with Gasteiger partial charge in [-0.3, -0.25) is 0 Å². The normalized spacial score (nSPS) is 12.6. The van der Waals surface area contributed by atoms with Crippen LogP contribution in [0, 0.1) is 0 Å². The number of imidazole rings is 1. The van der Waals surface area contributed by atoms with Gasteiger partial charge in [-0.1, -0.05) is 37.3 Å². The Hall–Kier alpha value is -2.53. The predicted octanol–water partition coefficient (Wildman–Crippen LogP) is 5.19. The van der Waals surface area contributed by atoms with Crippen molar-refractivity contribution >= 4 is 21.6 Å². The standard InChI is InChI=1S/C19H18N4S/c1-3-13(2)23-12-22-17(14-7-5-4-6-8-14)18(23)16-9-15-10-20-11-21-19(15)24-16/h4-13H,3H2,1-2H3. The van der Waals surface area contributed by atoms with Crippen molar-refractivity contribution in [3.63, 3.8) is 0 Å². The number of hydrogen-bond acceptors (Lipinski definition) is 4. The summed E-state index contributed by atoms with van der Waals surface area (Å²) in [6, 6.07) is 12.9.